The SMILES string of the molecule is Cc1cc(C(=O)NC(C)C(C)CCl)c(C)o1. The first-order chi connectivity index (χ1) is 7.45. The second-order valence-corrected chi connectivity index (χ2v) is 4.53. The van der Waals surface area contributed by atoms with Gasteiger partial charge in [0.15, 0.2) is 0 Å². The maximum absolute atomic E-state index is 11.9. The van der Waals surface area contributed by atoms with E-state index in [9.17, 15) is 4.79 Å². The van der Waals surface area contributed by atoms with Crippen LogP contribution in [0.5, 0.6) is 0 Å². The van der Waals surface area contributed by atoms with Gasteiger partial charge in [-0.3, -0.25) is 4.79 Å². The van der Waals surface area contributed by atoms with E-state index in [0.29, 0.717) is 17.2 Å². The molecule has 16 heavy (non-hydrogen) atoms. The fourth-order valence-corrected chi connectivity index (χ4v) is 1.68. The van der Waals surface area contributed by atoms with Gasteiger partial charge in [0.25, 0.3) is 5.91 Å². The van der Waals surface area contributed by atoms with E-state index in [1.807, 2.05) is 20.8 Å². The number of amides is 1. The number of aryl methyl sites for hydroxylation is 2. The summed E-state index contributed by atoms with van der Waals surface area (Å²) >= 11 is 5.74. The predicted octanol–water partition coefficient (Wildman–Crippen LogP) is 2.89. The third kappa shape index (κ3) is 3.01. The van der Waals surface area contributed by atoms with Crippen LogP contribution in [0.15, 0.2) is 10.5 Å². The highest BCUT2D eigenvalue weighted by molar-refractivity contribution is 6.18. The molecule has 0 radical (unpaired) electrons. The van der Waals surface area contributed by atoms with Crippen molar-refractivity contribution in [3.8, 4) is 0 Å². The Morgan fingerprint density at radius 2 is 2.12 bits per heavy atom. The zero-order valence-corrected chi connectivity index (χ0v) is 10.9. The van der Waals surface area contributed by atoms with E-state index >= 15 is 0 Å². The Morgan fingerprint density at radius 3 is 2.56 bits per heavy atom. The van der Waals surface area contributed by atoms with Crippen LogP contribution >= 0.6 is 11.6 Å². The molecule has 1 amide bonds. The average Bonchev–Trinajstić information content (AvgIpc) is 2.56. The summed E-state index contributed by atoms with van der Waals surface area (Å²) in [5.41, 5.74) is 0.603. The molecule has 0 aliphatic rings. The molecule has 2 atom stereocenters. The summed E-state index contributed by atoms with van der Waals surface area (Å²) in [7, 11) is 0. The summed E-state index contributed by atoms with van der Waals surface area (Å²) in [6.07, 6.45) is 0. The largest absolute Gasteiger partial charge is 0.466 e. The van der Waals surface area contributed by atoms with Crippen LogP contribution in [-0.2, 0) is 0 Å². The van der Waals surface area contributed by atoms with Gasteiger partial charge in [0.1, 0.15) is 11.5 Å². The second-order valence-electron chi connectivity index (χ2n) is 4.22. The molecule has 0 saturated carbocycles. The zero-order valence-electron chi connectivity index (χ0n) is 10.1. The lowest BCUT2D eigenvalue weighted by Crippen LogP contribution is -2.37. The van der Waals surface area contributed by atoms with Gasteiger partial charge < -0.3 is 9.73 Å². The smallest absolute Gasteiger partial charge is 0.255 e. The minimum Gasteiger partial charge on any atom is -0.466 e. The van der Waals surface area contributed by atoms with Crippen LogP contribution in [0.3, 0.4) is 0 Å². The van der Waals surface area contributed by atoms with Crippen molar-refractivity contribution in [2.75, 3.05) is 5.88 Å². The Hall–Kier alpha value is -0.960. The summed E-state index contributed by atoms with van der Waals surface area (Å²) < 4.78 is 5.32. The van der Waals surface area contributed by atoms with Gasteiger partial charge in [0, 0.05) is 11.9 Å². The first-order valence-corrected chi connectivity index (χ1v) is 5.93. The number of carbonyl (C=O) groups is 1. The number of hydrogen-bond donors (Lipinski definition) is 1. The van der Waals surface area contributed by atoms with Crippen molar-refractivity contribution >= 4 is 17.5 Å². The molecular formula is C12H18ClNO2. The number of alkyl halides is 1. The predicted molar refractivity (Wildman–Crippen MR) is 65.0 cm³/mol. The lowest BCUT2D eigenvalue weighted by Gasteiger charge is -2.18. The van der Waals surface area contributed by atoms with E-state index in [1.54, 1.807) is 13.0 Å². The van der Waals surface area contributed by atoms with Gasteiger partial charge >= 0.3 is 0 Å². The Balaban J connectivity index is 2.69. The van der Waals surface area contributed by atoms with E-state index in [0.717, 1.165) is 5.76 Å². The summed E-state index contributed by atoms with van der Waals surface area (Å²) in [5, 5.41) is 2.92. The van der Waals surface area contributed by atoms with Gasteiger partial charge in [-0.15, -0.1) is 11.6 Å². The maximum atomic E-state index is 11.9. The minimum absolute atomic E-state index is 0.0552. The van der Waals surface area contributed by atoms with Gasteiger partial charge in [-0.2, -0.15) is 0 Å². The number of halogens is 1. The molecule has 3 nitrogen and oxygen atoms in total. The molecule has 1 N–H and O–H groups in total. The van der Waals surface area contributed by atoms with Crippen LogP contribution in [0.25, 0.3) is 0 Å². The highest BCUT2D eigenvalue weighted by Crippen LogP contribution is 2.14. The molecule has 1 aromatic heterocycles. The van der Waals surface area contributed by atoms with Crippen LogP contribution in [0, 0.1) is 19.8 Å². The average molecular weight is 244 g/mol. The topological polar surface area (TPSA) is 42.2 Å². The first kappa shape index (κ1) is 13.1. The molecule has 2 unspecified atom stereocenters. The minimum atomic E-state index is -0.0983. The molecule has 1 aromatic rings. The Kier molecular flexibility index (Phi) is 4.42. The zero-order chi connectivity index (χ0) is 12.3. The van der Waals surface area contributed by atoms with Crippen LogP contribution in [0.2, 0.25) is 0 Å². The first-order valence-electron chi connectivity index (χ1n) is 5.39. The van der Waals surface area contributed by atoms with Crippen LogP contribution in [0.4, 0.5) is 0 Å². The van der Waals surface area contributed by atoms with Crippen molar-refractivity contribution < 1.29 is 9.21 Å². The van der Waals surface area contributed by atoms with E-state index in [4.69, 9.17) is 16.0 Å². The normalized spacial score (nSPS) is 14.6. The highest BCUT2D eigenvalue weighted by atomic mass is 35.5. The van der Waals surface area contributed by atoms with Crippen molar-refractivity contribution in [2.45, 2.75) is 33.7 Å². The van der Waals surface area contributed by atoms with E-state index < -0.39 is 0 Å². The van der Waals surface area contributed by atoms with Crippen LogP contribution in [-0.4, -0.2) is 17.8 Å². The van der Waals surface area contributed by atoms with Crippen molar-refractivity contribution in [3.05, 3.63) is 23.2 Å². The van der Waals surface area contributed by atoms with E-state index in [2.05, 4.69) is 5.32 Å². The highest BCUT2D eigenvalue weighted by Gasteiger charge is 2.18. The Bertz CT molecular complexity index is 373. The third-order valence-electron chi connectivity index (χ3n) is 2.74. The molecule has 90 valence electrons. The summed E-state index contributed by atoms with van der Waals surface area (Å²) in [6.45, 7) is 7.57. The lowest BCUT2D eigenvalue weighted by atomic mass is 10.1. The van der Waals surface area contributed by atoms with Crippen molar-refractivity contribution in [2.24, 2.45) is 5.92 Å². The monoisotopic (exact) mass is 243 g/mol. The standard InChI is InChI=1S/C12H18ClNO2/c1-7(6-13)9(3)14-12(15)11-5-8(2)16-10(11)4/h5,7,9H,6H2,1-4H3,(H,14,15). The number of rotatable bonds is 4. The second kappa shape index (κ2) is 5.39. The van der Waals surface area contributed by atoms with Crippen LogP contribution in [0.1, 0.15) is 35.7 Å². The summed E-state index contributed by atoms with van der Waals surface area (Å²) in [5.74, 6) is 2.09. The molecule has 4 heteroatoms. The number of carbonyl (C=O) groups excluding carboxylic acids is 1. The maximum Gasteiger partial charge on any atom is 0.255 e. The van der Waals surface area contributed by atoms with Gasteiger partial charge in [-0.25, -0.2) is 0 Å². The third-order valence-corrected chi connectivity index (χ3v) is 3.23. The Labute approximate surface area is 101 Å². The van der Waals surface area contributed by atoms with Gasteiger partial charge in [-0.05, 0) is 32.8 Å². The molecule has 0 aliphatic heterocycles. The molecule has 0 spiro atoms. The molecule has 0 fully saturated rings. The molecular weight excluding hydrogens is 226 g/mol. The molecule has 1 rings (SSSR count). The van der Waals surface area contributed by atoms with Gasteiger partial charge in [0.05, 0.1) is 5.56 Å². The molecule has 0 bridgehead atoms. The van der Waals surface area contributed by atoms with Crippen molar-refractivity contribution in [3.63, 3.8) is 0 Å². The summed E-state index contributed by atoms with van der Waals surface area (Å²) in [4.78, 5) is 11.9. The Morgan fingerprint density at radius 1 is 1.50 bits per heavy atom. The lowest BCUT2D eigenvalue weighted by molar-refractivity contribution is 0.0929. The molecule has 0 aliphatic carbocycles. The summed E-state index contributed by atoms with van der Waals surface area (Å²) in [6, 6.07) is 1.81. The molecule has 1 heterocycles. The van der Waals surface area contributed by atoms with Gasteiger partial charge in [-0.1, -0.05) is 6.92 Å². The van der Waals surface area contributed by atoms with E-state index in [1.165, 1.54) is 0 Å². The fourth-order valence-electron chi connectivity index (χ4n) is 1.42. The molecule has 0 aromatic carbocycles. The number of nitrogens with one attached hydrogen (secondary N) is 1. The number of furan rings is 1. The number of hydrogen-bond acceptors (Lipinski definition) is 2. The van der Waals surface area contributed by atoms with E-state index in [-0.39, 0.29) is 17.9 Å². The van der Waals surface area contributed by atoms with Crippen molar-refractivity contribution in [1.82, 2.24) is 5.32 Å². The van der Waals surface area contributed by atoms with Crippen molar-refractivity contribution in [1.29, 1.82) is 0 Å². The fraction of sp³-hybridized carbons (Fsp3) is 0.583. The van der Waals surface area contributed by atoms with Crippen LogP contribution < -0.4 is 5.32 Å². The molecule has 0 saturated heterocycles. The quantitative estimate of drug-likeness (QED) is 0.827. The van der Waals surface area contributed by atoms with Gasteiger partial charge in [0.2, 0.25) is 0 Å².